The molecule has 0 atom stereocenters. The molecule has 1 aromatic rings. The van der Waals surface area contributed by atoms with Gasteiger partial charge in [-0.2, -0.15) is 0 Å². The maximum atomic E-state index is 5.95. The molecule has 0 unspecified atom stereocenters. The van der Waals surface area contributed by atoms with E-state index in [-0.39, 0.29) is 0 Å². The molecule has 0 bridgehead atoms. The fourth-order valence-electron chi connectivity index (χ4n) is 2.21. The molecular weight excluding hydrogens is 240 g/mol. The number of nitrogens with zero attached hydrogens (tertiary/aromatic N) is 1. The van der Waals surface area contributed by atoms with Gasteiger partial charge in [0.2, 0.25) is 0 Å². The van der Waals surface area contributed by atoms with Gasteiger partial charge in [-0.15, -0.1) is 0 Å². The van der Waals surface area contributed by atoms with E-state index in [1.165, 1.54) is 5.56 Å². The lowest BCUT2D eigenvalue weighted by Crippen LogP contribution is -2.22. The van der Waals surface area contributed by atoms with Gasteiger partial charge >= 0.3 is 0 Å². The fraction of sp³-hybridized carbons (Fsp3) is 0.667. The van der Waals surface area contributed by atoms with Gasteiger partial charge < -0.3 is 14.8 Å². The van der Waals surface area contributed by atoms with E-state index in [2.05, 4.69) is 17.2 Å². The standard InChI is InChI=1S/C15H24N2O2/c1-2-6-16-10-14-3-7-17-11-15(14)19-12-13-4-8-18-9-5-13/h3,7,11,13,16H,2,4-6,8-10,12H2,1H3. The summed E-state index contributed by atoms with van der Waals surface area (Å²) in [7, 11) is 0. The van der Waals surface area contributed by atoms with Crippen molar-refractivity contribution in [3.63, 3.8) is 0 Å². The van der Waals surface area contributed by atoms with Crippen LogP contribution in [0.1, 0.15) is 31.7 Å². The average molecular weight is 264 g/mol. The second-order valence-electron chi connectivity index (χ2n) is 5.03. The van der Waals surface area contributed by atoms with E-state index in [9.17, 15) is 0 Å². The van der Waals surface area contributed by atoms with E-state index in [4.69, 9.17) is 9.47 Å². The zero-order chi connectivity index (χ0) is 13.3. The van der Waals surface area contributed by atoms with E-state index >= 15 is 0 Å². The summed E-state index contributed by atoms with van der Waals surface area (Å²) in [5, 5.41) is 3.40. The Balaban J connectivity index is 1.84. The van der Waals surface area contributed by atoms with Crippen LogP contribution in [0.3, 0.4) is 0 Å². The fourth-order valence-corrected chi connectivity index (χ4v) is 2.21. The van der Waals surface area contributed by atoms with E-state index in [1.807, 2.05) is 18.5 Å². The quantitative estimate of drug-likeness (QED) is 0.768. The van der Waals surface area contributed by atoms with Gasteiger partial charge in [0, 0.05) is 31.5 Å². The van der Waals surface area contributed by atoms with Crippen LogP contribution in [0.15, 0.2) is 18.5 Å². The molecule has 1 N–H and O–H groups in total. The highest BCUT2D eigenvalue weighted by molar-refractivity contribution is 5.29. The monoisotopic (exact) mass is 264 g/mol. The molecule has 1 saturated heterocycles. The lowest BCUT2D eigenvalue weighted by molar-refractivity contribution is 0.0495. The van der Waals surface area contributed by atoms with Crippen LogP contribution in [0.2, 0.25) is 0 Å². The van der Waals surface area contributed by atoms with Crippen LogP contribution >= 0.6 is 0 Å². The summed E-state index contributed by atoms with van der Waals surface area (Å²) in [5.74, 6) is 1.53. The Kier molecular flexibility index (Phi) is 6.11. The Hall–Kier alpha value is -1.13. The minimum atomic E-state index is 0.616. The summed E-state index contributed by atoms with van der Waals surface area (Å²) in [6.45, 7) is 6.55. The summed E-state index contributed by atoms with van der Waals surface area (Å²) < 4.78 is 11.3. The maximum absolute atomic E-state index is 5.95. The SMILES string of the molecule is CCCNCc1ccncc1OCC1CCOCC1. The minimum Gasteiger partial charge on any atom is -0.491 e. The van der Waals surface area contributed by atoms with Crippen molar-refractivity contribution >= 4 is 0 Å². The largest absolute Gasteiger partial charge is 0.491 e. The number of rotatable bonds is 7. The topological polar surface area (TPSA) is 43.4 Å². The first-order valence-corrected chi connectivity index (χ1v) is 7.24. The molecule has 19 heavy (non-hydrogen) atoms. The zero-order valence-electron chi connectivity index (χ0n) is 11.7. The third-order valence-corrected chi connectivity index (χ3v) is 3.43. The van der Waals surface area contributed by atoms with Crippen molar-refractivity contribution in [1.29, 1.82) is 0 Å². The number of hydrogen-bond donors (Lipinski definition) is 1. The first-order chi connectivity index (χ1) is 9.40. The summed E-state index contributed by atoms with van der Waals surface area (Å²) >= 11 is 0. The van der Waals surface area contributed by atoms with Crippen molar-refractivity contribution in [2.45, 2.75) is 32.7 Å². The van der Waals surface area contributed by atoms with Crippen LogP contribution in [0, 0.1) is 5.92 Å². The lowest BCUT2D eigenvalue weighted by Gasteiger charge is -2.22. The Labute approximate surface area is 115 Å². The molecule has 2 heterocycles. The number of ether oxygens (including phenoxy) is 2. The van der Waals surface area contributed by atoms with E-state index in [0.29, 0.717) is 5.92 Å². The van der Waals surface area contributed by atoms with E-state index in [1.54, 1.807) is 0 Å². The highest BCUT2D eigenvalue weighted by Gasteiger charge is 2.15. The predicted octanol–water partition coefficient (Wildman–Crippen LogP) is 2.39. The average Bonchev–Trinajstić information content (AvgIpc) is 2.48. The van der Waals surface area contributed by atoms with Crippen LogP contribution < -0.4 is 10.1 Å². The summed E-state index contributed by atoms with van der Waals surface area (Å²) in [6.07, 6.45) is 6.99. The number of nitrogens with one attached hydrogen (secondary N) is 1. The van der Waals surface area contributed by atoms with Gasteiger partial charge in [0.25, 0.3) is 0 Å². The van der Waals surface area contributed by atoms with Crippen molar-refractivity contribution in [2.24, 2.45) is 5.92 Å². The Morgan fingerprint density at radius 3 is 3.05 bits per heavy atom. The summed E-state index contributed by atoms with van der Waals surface area (Å²) in [4.78, 5) is 4.16. The van der Waals surface area contributed by atoms with Crippen molar-refractivity contribution in [1.82, 2.24) is 10.3 Å². The number of hydrogen-bond acceptors (Lipinski definition) is 4. The first kappa shape index (κ1) is 14.3. The normalized spacial score (nSPS) is 16.5. The Bertz CT molecular complexity index is 365. The highest BCUT2D eigenvalue weighted by Crippen LogP contribution is 2.20. The molecule has 1 aliphatic rings. The molecule has 0 aromatic carbocycles. The Morgan fingerprint density at radius 1 is 1.42 bits per heavy atom. The van der Waals surface area contributed by atoms with Crippen LogP contribution in [-0.4, -0.2) is 31.3 Å². The van der Waals surface area contributed by atoms with Crippen molar-refractivity contribution in [3.05, 3.63) is 24.0 Å². The van der Waals surface area contributed by atoms with Crippen molar-refractivity contribution in [3.8, 4) is 5.75 Å². The third-order valence-electron chi connectivity index (χ3n) is 3.43. The maximum Gasteiger partial charge on any atom is 0.142 e. The molecule has 1 aliphatic heterocycles. The number of pyridine rings is 1. The molecule has 4 nitrogen and oxygen atoms in total. The molecule has 1 fully saturated rings. The third kappa shape index (κ3) is 4.80. The van der Waals surface area contributed by atoms with Gasteiger partial charge in [0.1, 0.15) is 5.75 Å². The second kappa shape index (κ2) is 8.12. The molecule has 1 aromatic heterocycles. The minimum absolute atomic E-state index is 0.616. The molecule has 0 spiro atoms. The second-order valence-corrected chi connectivity index (χ2v) is 5.03. The molecule has 0 aliphatic carbocycles. The Morgan fingerprint density at radius 2 is 2.26 bits per heavy atom. The number of aromatic nitrogens is 1. The van der Waals surface area contributed by atoms with Gasteiger partial charge in [-0.3, -0.25) is 4.98 Å². The van der Waals surface area contributed by atoms with Crippen molar-refractivity contribution < 1.29 is 9.47 Å². The van der Waals surface area contributed by atoms with Gasteiger partial charge in [-0.1, -0.05) is 6.92 Å². The predicted molar refractivity (Wildman–Crippen MR) is 75.3 cm³/mol. The molecule has 0 radical (unpaired) electrons. The van der Waals surface area contributed by atoms with Gasteiger partial charge in [-0.25, -0.2) is 0 Å². The van der Waals surface area contributed by atoms with E-state index < -0.39 is 0 Å². The molecular formula is C15H24N2O2. The molecule has 0 amide bonds. The summed E-state index contributed by atoms with van der Waals surface area (Å²) in [5.41, 5.74) is 1.19. The van der Waals surface area contributed by atoms with Crippen LogP contribution in [-0.2, 0) is 11.3 Å². The summed E-state index contributed by atoms with van der Waals surface area (Å²) in [6, 6.07) is 2.03. The molecule has 4 heteroatoms. The first-order valence-electron chi connectivity index (χ1n) is 7.24. The van der Waals surface area contributed by atoms with E-state index in [0.717, 1.165) is 57.9 Å². The molecule has 0 saturated carbocycles. The zero-order valence-corrected chi connectivity index (χ0v) is 11.7. The van der Waals surface area contributed by atoms with Gasteiger partial charge in [-0.05, 0) is 37.8 Å². The van der Waals surface area contributed by atoms with Crippen LogP contribution in [0.4, 0.5) is 0 Å². The van der Waals surface area contributed by atoms with Gasteiger partial charge in [0.15, 0.2) is 0 Å². The molecule has 106 valence electrons. The van der Waals surface area contributed by atoms with Crippen LogP contribution in [0.5, 0.6) is 5.75 Å². The van der Waals surface area contributed by atoms with Gasteiger partial charge in [0.05, 0.1) is 12.8 Å². The lowest BCUT2D eigenvalue weighted by atomic mass is 10.0. The van der Waals surface area contributed by atoms with Crippen LogP contribution in [0.25, 0.3) is 0 Å². The smallest absolute Gasteiger partial charge is 0.142 e. The highest BCUT2D eigenvalue weighted by atomic mass is 16.5. The van der Waals surface area contributed by atoms with Crippen molar-refractivity contribution in [2.75, 3.05) is 26.4 Å². The molecule has 2 rings (SSSR count).